The molecule has 2 rings (SSSR count). The Bertz CT molecular complexity index is 480. The molecule has 1 fully saturated rings. The van der Waals surface area contributed by atoms with Crippen molar-refractivity contribution in [2.24, 2.45) is 11.3 Å². The third kappa shape index (κ3) is 3.35. The first-order chi connectivity index (χ1) is 9.22. The Morgan fingerprint density at radius 1 is 1.35 bits per heavy atom. The second-order valence-electron chi connectivity index (χ2n) is 7.18. The fraction of sp³-hybridized carbons (Fsp3) is 0.647. The van der Waals surface area contributed by atoms with E-state index >= 15 is 0 Å². The molecule has 1 aliphatic rings. The smallest absolute Gasteiger partial charge is 0.123 e. The van der Waals surface area contributed by atoms with Crippen LogP contribution in [0.5, 0.6) is 0 Å². The third-order valence-electron chi connectivity index (χ3n) is 4.55. The van der Waals surface area contributed by atoms with E-state index in [-0.39, 0.29) is 17.2 Å². The van der Waals surface area contributed by atoms with Gasteiger partial charge in [0.1, 0.15) is 5.82 Å². The molecule has 1 aromatic rings. The Morgan fingerprint density at radius 3 is 2.70 bits per heavy atom. The monoisotopic (exact) mass is 298 g/mol. The Hall–Kier alpha value is -0.600. The van der Waals surface area contributed by atoms with Gasteiger partial charge < -0.3 is 5.11 Å². The van der Waals surface area contributed by atoms with Crippen molar-refractivity contribution in [1.29, 1.82) is 0 Å². The van der Waals surface area contributed by atoms with Crippen molar-refractivity contribution >= 4 is 11.6 Å². The van der Waals surface area contributed by atoms with Gasteiger partial charge in [-0.2, -0.15) is 0 Å². The highest BCUT2D eigenvalue weighted by Crippen LogP contribution is 2.46. The first-order valence-electron chi connectivity index (χ1n) is 7.39. The molecule has 2 unspecified atom stereocenters. The maximum absolute atomic E-state index is 13.4. The molecular formula is C17H24ClFO. The summed E-state index contributed by atoms with van der Waals surface area (Å²) in [7, 11) is 0. The van der Waals surface area contributed by atoms with Gasteiger partial charge in [-0.3, -0.25) is 0 Å². The Kier molecular flexibility index (Phi) is 4.46. The van der Waals surface area contributed by atoms with E-state index in [0.717, 1.165) is 25.7 Å². The molecule has 112 valence electrons. The van der Waals surface area contributed by atoms with Crippen molar-refractivity contribution in [2.45, 2.75) is 58.5 Å². The summed E-state index contributed by atoms with van der Waals surface area (Å²) in [6, 6.07) is 4.39. The largest absolute Gasteiger partial charge is 0.389 e. The first kappa shape index (κ1) is 15.8. The Morgan fingerprint density at radius 2 is 2.05 bits per heavy atom. The van der Waals surface area contributed by atoms with Crippen LogP contribution in [0, 0.1) is 17.2 Å². The molecule has 1 nitrogen and oxygen atoms in total. The predicted molar refractivity (Wildman–Crippen MR) is 81.5 cm³/mol. The van der Waals surface area contributed by atoms with Crippen molar-refractivity contribution in [1.82, 2.24) is 0 Å². The van der Waals surface area contributed by atoms with Crippen molar-refractivity contribution in [2.75, 3.05) is 0 Å². The molecule has 0 heterocycles. The summed E-state index contributed by atoms with van der Waals surface area (Å²) in [6.45, 7) is 6.50. The minimum Gasteiger partial charge on any atom is -0.389 e. The van der Waals surface area contributed by atoms with E-state index in [4.69, 9.17) is 11.6 Å². The normalized spacial score (nSPS) is 27.6. The van der Waals surface area contributed by atoms with E-state index in [1.165, 1.54) is 12.1 Å². The van der Waals surface area contributed by atoms with Crippen LogP contribution in [0.1, 0.15) is 52.0 Å². The van der Waals surface area contributed by atoms with Crippen LogP contribution in [0.3, 0.4) is 0 Å². The van der Waals surface area contributed by atoms with Crippen LogP contribution < -0.4 is 0 Å². The fourth-order valence-electron chi connectivity index (χ4n) is 3.68. The van der Waals surface area contributed by atoms with E-state index < -0.39 is 5.60 Å². The van der Waals surface area contributed by atoms with Gasteiger partial charge in [-0.1, -0.05) is 45.2 Å². The van der Waals surface area contributed by atoms with E-state index in [0.29, 0.717) is 17.0 Å². The molecule has 0 aromatic heterocycles. The molecule has 2 atom stereocenters. The molecule has 0 radical (unpaired) electrons. The summed E-state index contributed by atoms with van der Waals surface area (Å²) in [4.78, 5) is 0. The average Bonchev–Trinajstić information content (AvgIpc) is 2.32. The maximum Gasteiger partial charge on any atom is 0.123 e. The number of benzene rings is 1. The molecule has 3 heteroatoms. The molecule has 1 aromatic carbocycles. The third-order valence-corrected chi connectivity index (χ3v) is 4.92. The second-order valence-corrected chi connectivity index (χ2v) is 7.59. The minimum atomic E-state index is -0.784. The van der Waals surface area contributed by atoms with Crippen LogP contribution in [-0.4, -0.2) is 10.7 Å². The quantitative estimate of drug-likeness (QED) is 0.815. The molecule has 0 spiro atoms. The first-order valence-corrected chi connectivity index (χ1v) is 7.76. The van der Waals surface area contributed by atoms with E-state index in [1.54, 1.807) is 6.07 Å². The van der Waals surface area contributed by atoms with Crippen LogP contribution in [0.25, 0.3) is 0 Å². The predicted octanol–water partition coefficient (Wildman–Crippen LogP) is 4.99. The van der Waals surface area contributed by atoms with Gasteiger partial charge in [0.15, 0.2) is 0 Å². The molecule has 1 aliphatic carbocycles. The van der Waals surface area contributed by atoms with E-state index in [2.05, 4.69) is 20.8 Å². The number of aliphatic hydroxyl groups is 1. The van der Waals surface area contributed by atoms with E-state index in [1.807, 2.05) is 0 Å². The second kappa shape index (κ2) is 5.65. The zero-order chi connectivity index (χ0) is 15.0. The van der Waals surface area contributed by atoms with Gasteiger partial charge in [0.2, 0.25) is 0 Å². The lowest BCUT2D eigenvalue weighted by Crippen LogP contribution is -2.48. The lowest BCUT2D eigenvalue weighted by Gasteiger charge is -2.47. The molecule has 0 saturated heterocycles. The highest BCUT2D eigenvalue weighted by Gasteiger charge is 2.44. The molecule has 1 N–H and O–H groups in total. The van der Waals surface area contributed by atoms with Crippen molar-refractivity contribution in [3.63, 3.8) is 0 Å². The zero-order valence-electron chi connectivity index (χ0n) is 12.5. The summed E-state index contributed by atoms with van der Waals surface area (Å²) in [6.07, 6.45) is 4.40. The van der Waals surface area contributed by atoms with Crippen LogP contribution in [0.4, 0.5) is 4.39 Å². The fourth-order valence-corrected chi connectivity index (χ4v) is 3.87. The van der Waals surface area contributed by atoms with E-state index in [9.17, 15) is 9.50 Å². The highest BCUT2D eigenvalue weighted by molar-refractivity contribution is 6.31. The number of hydrogen-bond acceptors (Lipinski definition) is 1. The number of hydrogen-bond donors (Lipinski definition) is 1. The van der Waals surface area contributed by atoms with Gasteiger partial charge in [0.05, 0.1) is 5.60 Å². The Labute approximate surface area is 126 Å². The average molecular weight is 299 g/mol. The summed E-state index contributed by atoms with van der Waals surface area (Å²) < 4.78 is 13.4. The summed E-state index contributed by atoms with van der Waals surface area (Å²) in [5.41, 5.74) is -0.0339. The van der Waals surface area contributed by atoms with Gasteiger partial charge in [0, 0.05) is 11.4 Å². The lowest BCUT2D eigenvalue weighted by molar-refractivity contribution is -0.0889. The highest BCUT2D eigenvalue weighted by atomic mass is 35.5. The molecule has 0 aliphatic heterocycles. The number of halogens is 2. The lowest BCUT2D eigenvalue weighted by atomic mass is 9.62. The summed E-state index contributed by atoms with van der Waals surface area (Å²) in [5.74, 6) is -0.0841. The van der Waals surface area contributed by atoms with Crippen LogP contribution >= 0.6 is 11.6 Å². The molecule has 0 amide bonds. The topological polar surface area (TPSA) is 20.2 Å². The maximum atomic E-state index is 13.4. The van der Waals surface area contributed by atoms with Gasteiger partial charge >= 0.3 is 0 Å². The van der Waals surface area contributed by atoms with Gasteiger partial charge in [-0.25, -0.2) is 4.39 Å². The Balaban J connectivity index is 2.30. The minimum absolute atomic E-state index is 0.0367. The van der Waals surface area contributed by atoms with Gasteiger partial charge in [0.25, 0.3) is 0 Å². The van der Waals surface area contributed by atoms with Gasteiger partial charge in [-0.15, -0.1) is 0 Å². The number of rotatable bonds is 2. The molecule has 0 bridgehead atoms. The molecular weight excluding hydrogens is 275 g/mol. The SMILES string of the molecule is CC(C)(C)C1CCCCC1(O)Cc1cc(F)ccc1Cl. The van der Waals surface area contributed by atoms with Crippen LogP contribution in [-0.2, 0) is 6.42 Å². The molecule has 1 saturated carbocycles. The van der Waals surface area contributed by atoms with Crippen molar-refractivity contribution in [3.8, 4) is 0 Å². The zero-order valence-corrected chi connectivity index (χ0v) is 13.3. The van der Waals surface area contributed by atoms with Crippen LogP contribution in [0.15, 0.2) is 18.2 Å². The molecule has 20 heavy (non-hydrogen) atoms. The van der Waals surface area contributed by atoms with Gasteiger partial charge in [-0.05, 0) is 47.9 Å². The summed E-state index contributed by atoms with van der Waals surface area (Å²) >= 11 is 6.16. The summed E-state index contributed by atoms with van der Waals surface area (Å²) in [5, 5.41) is 11.7. The van der Waals surface area contributed by atoms with Crippen LogP contribution in [0.2, 0.25) is 5.02 Å². The van der Waals surface area contributed by atoms with Crippen molar-refractivity contribution < 1.29 is 9.50 Å². The van der Waals surface area contributed by atoms with Crippen molar-refractivity contribution in [3.05, 3.63) is 34.6 Å². The standard InChI is InChI=1S/C17H24ClFO/c1-16(2,3)15-6-4-5-9-17(15,20)11-12-10-13(19)7-8-14(12)18/h7-8,10,15,20H,4-6,9,11H2,1-3H3.